The number of nitrogens with one attached hydrogen (secondary N) is 1. The van der Waals surface area contributed by atoms with E-state index in [0.717, 1.165) is 19.5 Å². The summed E-state index contributed by atoms with van der Waals surface area (Å²) in [6, 6.07) is 0. The quantitative estimate of drug-likeness (QED) is 0.633. The van der Waals surface area contributed by atoms with Crippen molar-refractivity contribution in [3.05, 3.63) is 0 Å². The number of nitrogens with zero attached hydrogens (tertiary/aromatic N) is 2. The Morgan fingerprint density at radius 1 is 1.06 bits per heavy atom. The van der Waals surface area contributed by atoms with Crippen LogP contribution in [0.1, 0.15) is 20.3 Å². The normalized spacial score (nSPS) is 17.1. The lowest BCUT2D eigenvalue weighted by Crippen LogP contribution is -2.54. The molecule has 2 amide bonds. The molecule has 1 fully saturated rings. The van der Waals surface area contributed by atoms with Crippen LogP contribution in [0.3, 0.4) is 0 Å². The highest BCUT2D eigenvalue weighted by atomic mass is 16.2. The van der Waals surface area contributed by atoms with Crippen LogP contribution in [0.2, 0.25) is 0 Å². The van der Waals surface area contributed by atoms with Crippen molar-refractivity contribution in [3.8, 4) is 0 Å². The van der Waals surface area contributed by atoms with Crippen molar-refractivity contribution in [2.45, 2.75) is 20.3 Å². The van der Waals surface area contributed by atoms with E-state index in [-0.39, 0.29) is 24.9 Å². The van der Waals surface area contributed by atoms with E-state index in [9.17, 15) is 9.59 Å². The van der Waals surface area contributed by atoms with Gasteiger partial charge in [0.25, 0.3) is 0 Å². The van der Waals surface area contributed by atoms with E-state index in [1.54, 1.807) is 9.80 Å². The molecule has 0 radical (unpaired) electrons. The summed E-state index contributed by atoms with van der Waals surface area (Å²) in [5.41, 5.74) is 0. The summed E-state index contributed by atoms with van der Waals surface area (Å²) in [7, 11) is 0. The predicted molar refractivity (Wildman–Crippen MR) is 62.0 cm³/mol. The molecule has 92 valence electrons. The van der Waals surface area contributed by atoms with Gasteiger partial charge in [-0.15, -0.1) is 0 Å². The summed E-state index contributed by atoms with van der Waals surface area (Å²) in [5.74, 6) is 0.109. The average molecular weight is 227 g/mol. The van der Waals surface area contributed by atoms with Crippen molar-refractivity contribution in [1.82, 2.24) is 15.1 Å². The minimum atomic E-state index is 0.0533. The molecule has 0 aliphatic carbocycles. The molecular weight excluding hydrogens is 206 g/mol. The molecule has 1 aliphatic heterocycles. The number of carbonyl (C=O) groups is 2. The smallest absolute Gasteiger partial charge is 0.242 e. The van der Waals surface area contributed by atoms with Gasteiger partial charge in [-0.05, 0) is 19.9 Å². The summed E-state index contributed by atoms with van der Waals surface area (Å²) >= 11 is 0. The second kappa shape index (κ2) is 6.48. The van der Waals surface area contributed by atoms with Gasteiger partial charge in [0.05, 0.1) is 13.1 Å². The lowest BCUT2D eigenvalue weighted by atomic mass is 10.3. The summed E-state index contributed by atoms with van der Waals surface area (Å²) in [5, 5.41) is 3.22. The molecule has 0 spiro atoms. The van der Waals surface area contributed by atoms with Crippen molar-refractivity contribution in [1.29, 1.82) is 0 Å². The van der Waals surface area contributed by atoms with Crippen molar-refractivity contribution >= 4 is 11.8 Å². The molecule has 1 saturated heterocycles. The first-order valence-electron chi connectivity index (χ1n) is 5.95. The summed E-state index contributed by atoms with van der Waals surface area (Å²) < 4.78 is 0. The minimum Gasteiger partial charge on any atom is -0.332 e. The number of hydrogen-bond donors (Lipinski definition) is 1. The van der Waals surface area contributed by atoms with E-state index in [0.29, 0.717) is 13.1 Å². The topological polar surface area (TPSA) is 52.7 Å². The lowest BCUT2D eigenvalue weighted by molar-refractivity contribution is -0.149. The maximum absolute atomic E-state index is 11.7. The van der Waals surface area contributed by atoms with Crippen molar-refractivity contribution in [2.75, 3.05) is 39.3 Å². The molecule has 0 atom stereocenters. The van der Waals surface area contributed by atoms with Crippen LogP contribution < -0.4 is 5.32 Å². The number of piperazine rings is 1. The van der Waals surface area contributed by atoms with Gasteiger partial charge in [-0.2, -0.15) is 0 Å². The Balaban J connectivity index is 2.32. The Morgan fingerprint density at radius 2 is 1.69 bits per heavy atom. The zero-order valence-electron chi connectivity index (χ0n) is 10.2. The molecule has 0 aromatic heterocycles. The van der Waals surface area contributed by atoms with Crippen LogP contribution >= 0.6 is 0 Å². The summed E-state index contributed by atoms with van der Waals surface area (Å²) in [6.07, 6.45) is 1.08. The van der Waals surface area contributed by atoms with Crippen LogP contribution in [-0.4, -0.2) is 60.9 Å². The second-order valence-corrected chi connectivity index (χ2v) is 3.97. The first kappa shape index (κ1) is 13.0. The highest BCUT2D eigenvalue weighted by Crippen LogP contribution is 2.03. The third-order valence-corrected chi connectivity index (χ3v) is 2.72. The largest absolute Gasteiger partial charge is 0.332 e. The molecular formula is C11H21N3O2. The van der Waals surface area contributed by atoms with Crippen molar-refractivity contribution in [2.24, 2.45) is 0 Å². The predicted octanol–water partition coefficient (Wildman–Crippen LogP) is -0.323. The maximum atomic E-state index is 11.7. The Kier molecular flexibility index (Phi) is 5.25. The van der Waals surface area contributed by atoms with Crippen molar-refractivity contribution < 1.29 is 9.59 Å². The molecule has 0 aromatic rings. The van der Waals surface area contributed by atoms with Crippen molar-refractivity contribution in [3.63, 3.8) is 0 Å². The van der Waals surface area contributed by atoms with E-state index < -0.39 is 0 Å². The third kappa shape index (κ3) is 3.48. The summed E-state index contributed by atoms with van der Waals surface area (Å²) in [6.45, 7) is 7.43. The number of rotatable bonds is 6. The van der Waals surface area contributed by atoms with Gasteiger partial charge in [0.15, 0.2) is 0 Å². The van der Waals surface area contributed by atoms with Crippen LogP contribution in [0.25, 0.3) is 0 Å². The van der Waals surface area contributed by atoms with E-state index in [1.807, 2.05) is 6.92 Å². The van der Waals surface area contributed by atoms with E-state index in [1.165, 1.54) is 0 Å². The molecule has 1 rings (SSSR count). The monoisotopic (exact) mass is 227 g/mol. The van der Waals surface area contributed by atoms with Crippen LogP contribution in [0.4, 0.5) is 0 Å². The molecule has 0 bridgehead atoms. The highest BCUT2D eigenvalue weighted by molar-refractivity contribution is 5.92. The van der Waals surface area contributed by atoms with Gasteiger partial charge in [0.2, 0.25) is 11.8 Å². The second-order valence-electron chi connectivity index (χ2n) is 3.97. The Morgan fingerprint density at radius 3 is 2.31 bits per heavy atom. The first-order valence-corrected chi connectivity index (χ1v) is 5.95. The zero-order valence-corrected chi connectivity index (χ0v) is 10.2. The van der Waals surface area contributed by atoms with Crippen LogP contribution in [-0.2, 0) is 9.59 Å². The van der Waals surface area contributed by atoms with E-state index in [2.05, 4.69) is 12.2 Å². The summed E-state index contributed by atoms with van der Waals surface area (Å²) in [4.78, 5) is 26.5. The highest BCUT2D eigenvalue weighted by Gasteiger charge is 2.27. The number of amides is 2. The third-order valence-electron chi connectivity index (χ3n) is 2.72. The standard InChI is InChI=1S/C11H21N3O2/c1-3-5-12-6-7-14-9-10(15)13(4-2)8-11(14)16/h12H,3-9H2,1-2H3. The van der Waals surface area contributed by atoms with Gasteiger partial charge in [0.1, 0.15) is 0 Å². The SMILES string of the molecule is CCCNCCN1CC(=O)N(CC)CC1=O. The van der Waals surface area contributed by atoms with E-state index in [4.69, 9.17) is 0 Å². The van der Waals surface area contributed by atoms with Gasteiger partial charge in [-0.1, -0.05) is 6.92 Å². The van der Waals surface area contributed by atoms with Crippen LogP contribution in [0.15, 0.2) is 0 Å². The molecule has 5 nitrogen and oxygen atoms in total. The molecule has 5 heteroatoms. The number of likely N-dealkylation sites (N-methyl/N-ethyl adjacent to an activating group) is 1. The average Bonchev–Trinajstić information content (AvgIpc) is 2.28. The molecule has 16 heavy (non-hydrogen) atoms. The van der Waals surface area contributed by atoms with Gasteiger partial charge in [0, 0.05) is 19.6 Å². The number of hydrogen-bond acceptors (Lipinski definition) is 3. The first-order chi connectivity index (χ1) is 7.69. The number of carbonyl (C=O) groups excluding carboxylic acids is 2. The fourth-order valence-electron chi connectivity index (χ4n) is 1.71. The Hall–Kier alpha value is -1.10. The van der Waals surface area contributed by atoms with Crippen LogP contribution in [0.5, 0.6) is 0 Å². The molecule has 0 unspecified atom stereocenters. The molecule has 0 aromatic carbocycles. The van der Waals surface area contributed by atoms with Gasteiger partial charge >= 0.3 is 0 Å². The zero-order chi connectivity index (χ0) is 12.0. The van der Waals surface area contributed by atoms with Gasteiger partial charge < -0.3 is 15.1 Å². The Labute approximate surface area is 96.8 Å². The fourth-order valence-corrected chi connectivity index (χ4v) is 1.71. The van der Waals surface area contributed by atoms with Gasteiger partial charge in [-0.25, -0.2) is 0 Å². The fraction of sp³-hybridized carbons (Fsp3) is 0.818. The van der Waals surface area contributed by atoms with Gasteiger partial charge in [-0.3, -0.25) is 9.59 Å². The minimum absolute atomic E-state index is 0.0533. The van der Waals surface area contributed by atoms with Crippen LogP contribution in [0, 0.1) is 0 Å². The Bertz CT molecular complexity index is 256. The molecule has 0 saturated carbocycles. The molecule has 1 heterocycles. The maximum Gasteiger partial charge on any atom is 0.242 e. The lowest BCUT2D eigenvalue weighted by Gasteiger charge is -2.33. The molecule has 1 aliphatic rings. The molecule has 1 N–H and O–H groups in total. The van der Waals surface area contributed by atoms with E-state index >= 15 is 0 Å².